The Morgan fingerprint density at radius 1 is 1.06 bits per heavy atom. The minimum Gasteiger partial charge on any atom is -0.444 e. The quantitative estimate of drug-likeness (QED) is 0.741. The molecule has 2 fully saturated rings. The topological polar surface area (TPSA) is 61.9 Å². The van der Waals surface area contributed by atoms with Crippen molar-refractivity contribution in [1.82, 2.24) is 15.1 Å². The van der Waals surface area contributed by atoms with Crippen LogP contribution in [0.3, 0.4) is 0 Å². The number of rotatable bonds is 2. The predicted octanol–water partition coefficient (Wildman–Crippen LogP) is 4.55. The zero-order chi connectivity index (χ0) is 22.6. The molecule has 0 radical (unpaired) electrons. The number of halogens is 2. The van der Waals surface area contributed by atoms with Gasteiger partial charge in [-0.1, -0.05) is 11.6 Å². The van der Waals surface area contributed by atoms with E-state index in [1.807, 2.05) is 20.8 Å². The molecule has 0 aliphatic carbocycles. The average Bonchev–Trinajstić information content (AvgIpc) is 2.70. The maximum absolute atomic E-state index is 13.8. The molecule has 2 saturated heterocycles. The van der Waals surface area contributed by atoms with Crippen molar-refractivity contribution >= 4 is 18.2 Å². The molecule has 31 heavy (non-hydrogen) atoms. The number of nitrogens with zero attached hydrogens (tertiary/aromatic N) is 2. The second kappa shape index (κ2) is 9.66. The third kappa shape index (κ3) is 6.67. The van der Waals surface area contributed by atoms with Crippen LogP contribution < -0.4 is 5.32 Å². The lowest BCUT2D eigenvalue weighted by Gasteiger charge is -2.35. The number of hydrogen-bond donors (Lipinski definition) is 1. The highest BCUT2D eigenvalue weighted by Gasteiger charge is 2.28. The van der Waals surface area contributed by atoms with Crippen molar-refractivity contribution in [3.8, 4) is 0 Å². The number of urea groups is 1. The lowest BCUT2D eigenvalue weighted by atomic mass is 10.0. The number of likely N-dealkylation sites (tertiary alicyclic amines) is 2. The van der Waals surface area contributed by atoms with Crippen LogP contribution in [0.15, 0.2) is 23.8 Å². The van der Waals surface area contributed by atoms with E-state index in [1.54, 1.807) is 15.9 Å². The lowest BCUT2D eigenvalue weighted by Crippen LogP contribution is -2.51. The Labute approximate surface area is 182 Å². The van der Waals surface area contributed by atoms with E-state index in [0.29, 0.717) is 51.9 Å². The van der Waals surface area contributed by atoms with Gasteiger partial charge in [-0.25, -0.2) is 18.4 Å². The lowest BCUT2D eigenvalue weighted by molar-refractivity contribution is 0.0200. The van der Waals surface area contributed by atoms with Crippen molar-refractivity contribution in [3.05, 3.63) is 41.0 Å². The van der Waals surface area contributed by atoms with Crippen LogP contribution in [0.25, 0.3) is 6.08 Å². The van der Waals surface area contributed by atoms with E-state index in [4.69, 9.17) is 4.74 Å². The maximum Gasteiger partial charge on any atom is 0.410 e. The van der Waals surface area contributed by atoms with Crippen molar-refractivity contribution in [1.29, 1.82) is 0 Å². The molecule has 2 aliphatic rings. The van der Waals surface area contributed by atoms with Crippen LogP contribution in [-0.2, 0) is 4.74 Å². The Balaban J connectivity index is 1.44. The third-order valence-corrected chi connectivity index (χ3v) is 5.48. The largest absolute Gasteiger partial charge is 0.444 e. The molecule has 0 atom stereocenters. The normalized spacial score (nSPS) is 18.0. The van der Waals surface area contributed by atoms with E-state index >= 15 is 0 Å². The monoisotopic (exact) mass is 435 g/mol. The van der Waals surface area contributed by atoms with E-state index in [0.717, 1.165) is 17.7 Å². The fourth-order valence-corrected chi connectivity index (χ4v) is 3.79. The summed E-state index contributed by atoms with van der Waals surface area (Å²) in [6, 6.07) is 3.31. The summed E-state index contributed by atoms with van der Waals surface area (Å²) in [5, 5.41) is 3.06. The van der Waals surface area contributed by atoms with Gasteiger partial charge in [-0.2, -0.15) is 0 Å². The van der Waals surface area contributed by atoms with Crippen molar-refractivity contribution in [3.63, 3.8) is 0 Å². The number of hydrogen-bond acceptors (Lipinski definition) is 3. The molecule has 1 aromatic carbocycles. The number of carbonyl (C=O) groups excluding carboxylic acids is 2. The van der Waals surface area contributed by atoms with E-state index in [-0.39, 0.29) is 23.7 Å². The van der Waals surface area contributed by atoms with Crippen molar-refractivity contribution in [2.75, 3.05) is 26.2 Å². The minimum absolute atomic E-state index is 0.0181. The second-order valence-corrected chi connectivity index (χ2v) is 9.15. The molecule has 8 heteroatoms. The van der Waals surface area contributed by atoms with Crippen LogP contribution in [0.2, 0.25) is 0 Å². The molecule has 0 spiro atoms. The van der Waals surface area contributed by atoms with Gasteiger partial charge in [0.15, 0.2) is 0 Å². The second-order valence-electron chi connectivity index (χ2n) is 9.15. The molecule has 1 N–H and O–H groups in total. The van der Waals surface area contributed by atoms with Gasteiger partial charge in [-0.3, -0.25) is 0 Å². The Kier molecular flexibility index (Phi) is 7.18. The molecule has 170 valence electrons. The third-order valence-electron chi connectivity index (χ3n) is 5.48. The predicted molar refractivity (Wildman–Crippen MR) is 115 cm³/mol. The molecule has 0 unspecified atom stereocenters. The summed E-state index contributed by atoms with van der Waals surface area (Å²) >= 11 is 0. The molecular formula is C23H31F2N3O3. The van der Waals surface area contributed by atoms with Gasteiger partial charge in [0.2, 0.25) is 0 Å². The SMILES string of the molecule is CC(C)(C)OC(=O)N1CCC(NC(=O)N2CCC(=Cc3cc(F)ccc3F)CC2)CC1. The molecule has 1 aromatic rings. The summed E-state index contributed by atoms with van der Waals surface area (Å²) in [6.07, 6.45) is 3.98. The van der Waals surface area contributed by atoms with Gasteiger partial charge >= 0.3 is 12.1 Å². The number of piperidine rings is 2. The highest BCUT2D eigenvalue weighted by molar-refractivity contribution is 5.75. The Morgan fingerprint density at radius 3 is 2.32 bits per heavy atom. The molecule has 0 aromatic heterocycles. The fourth-order valence-electron chi connectivity index (χ4n) is 3.79. The van der Waals surface area contributed by atoms with Crippen molar-refractivity contribution in [2.24, 2.45) is 0 Å². The highest BCUT2D eigenvalue weighted by atomic mass is 19.1. The summed E-state index contributed by atoms with van der Waals surface area (Å²) in [6.45, 7) is 7.68. The van der Waals surface area contributed by atoms with Crippen molar-refractivity contribution in [2.45, 2.75) is 58.1 Å². The first-order chi connectivity index (χ1) is 14.6. The van der Waals surface area contributed by atoms with Gasteiger partial charge in [0.1, 0.15) is 17.2 Å². The smallest absolute Gasteiger partial charge is 0.410 e. The number of carbonyl (C=O) groups is 2. The minimum atomic E-state index is -0.524. The van der Waals surface area contributed by atoms with Crippen LogP contribution in [0.1, 0.15) is 52.0 Å². The molecule has 3 rings (SSSR count). The summed E-state index contributed by atoms with van der Waals surface area (Å²) < 4.78 is 32.6. The van der Waals surface area contributed by atoms with Gasteiger partial charge in [0.05, 0.1) is 0 Å². The van der Waals surface area contributed by atoms with Gasteiger partial charge < -0.3 is 19.9 Å². The van der Waals surface area contributed by atoms with E-state index in [2.05, 4.69) is 5.32 Å². The highest BCUT2D eigenvalue weighted by Crippen LogP contribution is 2.22. The Hall–Kier alpha value is -2.64. The van der Waals surface area contributed by atoms with Crippen LogP contribution in [0.5, 0.6) is 0 Å². The number of benzene rings is 1. The Morgan fingerprint density at radius 2 is 1.71 bits per heavy atom. The zero-order valence-electron chi connectivity index (χ0n) is 18.4. The number of ether oxygens (including phenoxy) is 1. The molecule has 0 bridgehead atoms. The molecule has 6 nitrogen and oxygen atoms in total. The van der Waals surface area contributed by atoms with E-state index in [1.165, 1.54) is 6.07 Å². The number of nitrogens with one attached hydrogen (secondary N) is 1. The van der Waals surface area contributed by atoms with E-state index in [9.17, 15) is 18.4 Å². The average molecular weight is 436 g/mol. The van der Waals surface area contributed by atoms with Gasteiger partial charge in [0, 0.05) is 37.8 Å². The molecule has 2 heterocycles. The first-order valence-electron chi connectivity index (χ1n) is 10.8. The fraction of sp³-hybridized carbons (Fsp3) is 0.565. The van der Waals surface area contributed by atoms with Crippen molar-refractivity contribution < 1.29 is 23.1 Å². The summed E-state index contributed by atoms with van der Waals surface area (Å²) in [5.41, 5.74) is 0.716. The van der Waals surface area contributed by atoms with Crippen LogP contribution in [0, 0.1) is 11.6 Å². The summed E-state index contributed by atoms with van der Waals surface area (Å²) in [5.74, 6) is -0.922. The molecular weight excluding hydrogens is 404 g/mol. The van der Waals surface area contributed by atoms with Crippen LogP contribution in [0.4, 0.5) is 18.4 Å². The van der Waals surface area contributed by atoms with Gasteiger partial charge in [0.25, 0.3) is 0 Å². The van der Waals surface area contributed by atoms with Crippen LogP contribution in [-0.4, -0.2) is 59.7 Å². The molecule has 0 saturated carbocycles. The maximum atomic E-state index is 13.8. The van der Waals surface area contributed by atoms with Gasteiger partial charge in [-0.15, -0.1) is 0 Å². The summed E-state index contributed by atoms with van der Waals surface area (Å²) in [7, 11) is 0. The first-order valence-corrected chi connectivity index (χ1v) is 10.8. The standard InChI is InChI=1S/C23H31F2N3O3/c1-23(2,3)31-22(30)28-12-8-19(9-13-28)26-21(29)27-10-6-16(7-11-27)14-17-15-18(24)4-5-20(17)25/h4-5,14-15,19H,6-13H2,1-3H3,(H,26,29). The first kappa shape index (κ1) is 23.0. The van der Waals surface area contributed by atoms with Crippen LogP contribution >= 0.6 is 0 Å². The number of amides is 3. The molecule has 2 aliphatic heterocycles. The van der Waals surface area contributed by atoms with Gasteiger partial charge in [-0.05, 0) is 64.7 Å². The zero-order valence-corrected chi connectivity index (χ0v) is 18.4. The van der Waals surface area contributed by atoms with E-state index < -0.39 is 17.2 Å². The molecule has 3 amide bonds. The summed E-state index contributed by atoms with van der Waals surface area (Å²) in [4.78, 5) is 28.2. The Bertz CT molecular complexity index is 833.